The molecule has 20 heavy (non-hydrogen) atoms. The predicted molar refractivity (Wildman–Crippen MR) is 82.0 cm³/mol. The second-order valence-corrected chi connectivity index (χ2v) is 5.42. The summed E-state index contributed by atoms with van der Waals surface area (Å²) >= 11 is 0. The monoisotopic (exact) mass is 278 g/mol. The van der Waals surface area contributed by atoms with Gasteiger partial charge >= 0.3 is 14.2 Å². The van der Waals surface area contributed by atoms with Crippen LogP contribution in [0.5, 0.6) is 0 Å². The Morgan fingerprint density at radius 2 is 1.50 bits per heavy atom. The van der Waals surface area contributed by atoms with Gasteiger partial charge in [0.05, 0.1) is 0 Å². The minimum atomic E-state index is -1.73. The Bertz CT molecular complexity index is 363. The minimum Gasteiger partial charge on any atom is -0.427 e. The molecule has 0 radical (unpaired) electrons. The van der Waals surface area contributed by atoms with E-state index in [2.05, 4.69) is 6.92 Å². The number of hydrogen-bond acceptors (Lipinski definition) is 4. The van der Waals surface area contributed by atoms with Crippen LogP contribution in [0, 0.1) is 0 Å². The molecule has 0 atom stereocenters. The SMILES string of the molecule is CCCCCC(CCc1ccccc1)(B(O)O)B(O)O. The molecule has 0 heterocycles. The van der Waals surface area contributed by atoms with Crippen LogP contribution in [-0.4, -0.2) is 34.3 Å². The zero-order chi connectivity index (χ0) is 15.0. The average Bonchev–Trinajstić information content (AvgIpc) is 2.43. The second kappa shape index (κ2) is 8.47. The summed E-state index contributed by atoms with van der Waals surface area (Å²) in [6.45, 7) is 2.05. The molecule has 0 aliphatic heterocycles. The fraction of sp³-hybridized carbons (Fsp3) is 0.571. The smallest absolute Gasteiger partial charge is 0.427 e. The van der Waals surface area contributed by atoms with Gasteiger partial charge in [0.15, 0.2) is 0 Å². The molecule has 4 N–H and O–H groups in total. The molecule has 0 fully saturated rings. The maximum absolute atomic E-state index is 9.65. The maximum atomic E-state index is 9.65. The van der Waals surface area contributed by atoms with Crippen LogP contribution in [0.25, 0.3) is 0 Å². The first kappa shape index (κ1) is 17.2. The van der Waals surface area contributed by atoms with E-state index in [1.54, 1.807) is 0 Å². The van der Waals surface area contributed by atoms with E-state index in [-0.39, 0.29) is 0 Å². The molecule has 1 aromatic rings. The third kappa shape index (κ3) is 4.63. The standard InChI is InChI=1S/C14H24B2O4/c1-2-3-7-11-14(15(17)18,16(19)20)12-10-13-8-5-4-6-9-13/h4-6,8-9,17-20H,2-3,7,10-12H2,1H3. The molecule has 6 heteroatoms. The first-order chi connectivity index (χ1) is 9.53. The van der Waals surface area contributed by atoms with Crippen LogP contribution in [0.4, 0.5) is 0 Å². The van der Waals surface area contributed by atoms with Crippen LogP contribution < -0.4 is 0 Å². The van der Waals surface area contributed by atoms with Gasteiger partial charge in [-0.25, -0.2) is 0 Å². The van der Waals surface area contributed by atoms with Crippen LogP contribution >= 0.6 is 0 Å². The number of unbranched alkanes of at least 4 members (excludes halogenated alkanes) is 2. The van der Waals surface area contributed by atoms with E-state index in [0.717, 1.165) is 24.8 Å². The van der Waals surface area contributed by atoms with Crippen molar-refractivity contribution in [2.75, 3.05) is 0 Å². The molecule has 0 bridgehead atoms. The number of hydrogen-bond donors (Lipinski definition) is 4. The zero-order valence-corrected chi connectivity index (χ0v) is 12.1. The van der Waals surface area contributed by atoms with E-state index in [1.165, 1.54) is 0 Å². The summed E-state index contributed by atoms with van der Waals surface area (Å²) in [6.07, 6.45) is 3.99. The lowest BCUT2D eigenvalue weighted by Crippen LogP contribution is -2.46. The minimum absolute atomic E-state index is 0.329. The molecule has 0 spiro atoms. The van der Waals surface area contributed by atoms with Crippen molar-refractivity contribution in [2.24, 2.45) is 0 Å². The average molecular weight is 278 g/mol. The van der Waals surface area contributed by atoms with Crippen molar-refractivity contribution in [2.45, 2.75) is 50.7 Å². The second-order valence-electron chi connectivity index (χ2n) is 5.42. The van der Waals surface area contributed by atoms with Gasteiger partial charge in [0.2, 0.25) is 0 Å². The lowest BCUT2D eigenvalue weighted by Gasteiger charge is -2.32. The summed E-state index contributed by atoms with van der Waals surface area (Å²) in [5.74, 6) is 0. The van der Waals surface area contributed by atoms with Gasteiger partial charge in [-0.1, -0.05) is 62.9 Å². The van der Waals surface area contributed by atoms with Crippen molar-refractivity contribution in [3.63, 3.8) is 0 Å². The summed E-state index contributed by atoms with van der Waals surface area (Å²) in [7, 11) is -3.47. The van der Waals surface area contributed by atoms with Crippen LogP contribution in [0.3, 0.4) is 0 Å². The van der Waals surface area contributed by atoms with E-state index >= 15 is 0 Å². The lowest BCUT2D eigenvalue weighted by molar-refractivity contribution is 0.293. The Kier molecular flexibility index (Phi) is 7.30. The van der Waals surface area contributed by atoms with E-state index < -0.39 is 19.5 Å². The van der Waals surface area contributed by atoms with Crippen LogP contribution in [0.2, 0.25) is 5.21 Å². The summed E-state index contributed by atoms with van der Waals surface area (Å²) in [5, 5.41) is 37.3. The van der Waals surface area contributed by atoms with Crippen LogP contribution in [-0.2, 0) is 6.42 Å². The Balaban J connectivity index is 2.75. The molecule has 4 nitrogen and oxygen atoms in total. The van der Waals surface area contributed by atoms with Gasteiger partial charge in [-0.15, -0.1) is 0 Å². The quantitative estimate of drug-likeness (QED) is 0.407. The summed E-state index contributed by atoms with van der Waals surface area (Å²) in [6, 6.07) is 9.64. The molecule has 0 unspecified atom stereocenters. The summed E-state index contributed by atoms with van der Waals surface area (Å²) < 4.78 is 0. The van der Waals surface area contributed by atoms with E-state index in [4.69, 9.17) is 0 Å². The molecule has 0 aromatic heterocycles. The molecule has 1 aromatic carbocycles. The molecular weight excluding hydrogens is 254 g/mol. The third-order valence-electron chi connectivity index (χ3n) is 4.00. The van der Waals surface area contributed by atoms with Crippen molar-refractivity contribution in [1.29, 1.82) is 0 Å². The van der Waals surface area contributed by atoms with Gasteiger partial charge in [0.1, 0.15) is 0 Å². The predicted octanol–water partition coefficient (Wildman–Crippen LogP) is 1.42. The normalized spacial score (nSPS) is 11.4. The Hall–Kier alpha value is -0.810. The van der Waals surface area contributed by atoms with Crippen molar-refractivity contribution in [1.82, 2.24) is 0 Å². The van der Waals surface area contributed by atoms with Gasteiger partial charge in [-0.2, -0.15) is 0 Å². The van der Waals surface area contributed by atoms with Gasteiger partial charge < -0.3 is 20.1 Å². The summed E-state index contributed by atoms with van der Waals surface area (Å²) in [4.78, 5) is 0. The van der Waals surface area contributed by atoms with E-state index in [0.29, 0.717) is 19.3 Å². The molecule has 0 saturated carbocycles. The third-order valence-corrected chi connectivity index (χ3v) is 4.00. The molecule has 110 valence electrons. The first-order valence-electron chi connectivity index (χ1n) is 7.29. The number of aryl methyl sites for hydroxylation is 1. The molecule has 0 aliphatic rings. The molecular formula is C14H24B2O4. The fourth-order valence-corrected chi connectivity index (χ4v) is 2.50. The van der Waals surface area contributed by atoms with Gasteiger partial charge in [-0.3, -0.25) is 0 Å². The van der Waals surface area contributed by atoms with E-state index in [1.807, 2.05) is 30.3 Å². The van der Waals surface area contributed by atoms with Crippen molar-refractivity contribution in [3.05, 3.63) is 35.9 Å². The Morgan fingerprint density at radius 3 is 2.00 bits per heavy atom. The number of benzene rings is 1. The van der Waals surface area contributed by atoms with Crippen molar-refractivity contribution >= 4 is 14.2 Å². The van der Waals surface area contributed by atoms with Gasteiger partial charge in [0, 0.05) is 5.21 Å². The molecule has 0 aliphatic carbocycles. The molecule has 0 amide bonds. The topological polar surface area (TPSA) is 80.9 Å². The zero-order valence-electron chi connectivity index (χ0n) is 12.1. The van der Waals surface area contributed by atoms with Gasteiger partial charge in [-0.05, 0) is 18.4 Å². The first-order valence-corrected chi connectivity index (χ1v) is 7.29. The Morgan fingerprint density at radius 1 is 0.900 bits per heavy atom. The molecule has 0 saturated heterocycles. The lowest BCUT2D eigenvalue weighted by atomic mass is 9.36. The van der Waals surface area contributed by atoms with Gasteiger partial charge in [0.25, 0.3) is 0 Å². The highest BCUT2D eigenvalue weighted by molar-refractivity contribution is 6.68. The summed E-state index contributed by atoms with van der Waals surface area (Å²) in [5.41, 5.74) is 1.05. The Labute approximate surface area is 121 Å². The maximum Gasteiger partial charge on any atom is 0.455 e. The van der Waals surface area contributed by atoms with Crippen LogP contribution in [0.15, 0.2) is 30.3 Å². The largest absolute Gasteiger partial charge is 0.455 e. The van der Waals surface area contributed by atoms with Crippen molar-refractivity contribution < 1.29 is 20.1 Å². The van der Waals surface area contributed by atoms with E-state index in [9.17, 15) is 20.1 Å². The highest BCUT2D eigenvalue weighted by atomic mass is 16.4. The highest BCUT2D eigenvalue weighted by Crippen LogP contribution is 2.40. The highest BCUT2D eigenvalue weighted by Gasteiger charge is 2.50. The molecule has 1 rings (SSSR count). The van der Waals surface area contributed by atoms with Crippen LogP contribution in [0.1, 0.15) is 44.6 Å². The van der Waals surface area contributed by atoms with Crippen molar-refractivity contribution in [3.8, 4) is 0 Å². The number of rotatable bonds is 9. The fourth-order valence-electron chi connectivity index (χ4n) is 2.50.